The van der Waals surface area contributed by atoms with E-state index in [-0.39, 0.29) is 11.5 Å². The van der Waals surface area contributed by atoms with Gasteiger partial charge >= 0.3 is 0 Å². The molecule has 2 aromatic rings. The highest BCUT2D eigenvalue weighted by Crippen LogP contribution is 2.42. The van der Waals surface area contributed by atoms with Gasteiger partial charge in [0.25, 0.3) is 0 Å². The van der Waals surface area contributed by atoms with Crippen LogP contribution >= 0.6 is 0 Å². The number of benzene rings is 2. The van der Waals surface area contributed by atoms with E-state index in [0.717, 1.165) is 37.7 Å². The Morgan fingerprint density at radius 1 is 0.769 bits per heavy atom. The lowest BCUT2D eigenvalue weighted by Crippen LogP contribution is -1.99. The van der Waals surface area contributed by atoms with E-state index in [9.17, 15) is 10.2 Å². The van der Waals surface area contributed by atoms with Gasteiger partial charge in [-0.3, -0.25) is 0 Å². The number of unbranched alkanes of at least 4 members (excludes halogenated alkanes) is 1. The van der Waals surface area contributed by atoms with E-state index in [1.165, 1.54) is 0 Å². The minimum atomic E-state index is 0.105. The molecule has 0 bridgehead atoms. The maximum Gasteiger partial charge on any atom is 0.127 e. The van der Waals surface area contributed by atoms with Crippen LogP contribution in [0.1, 0.15) is 52.0 Å². The zero-order chi connectivity index (χ0) is 18.9. The number of aryl methyl sites for hydroxylation is 1. The summed E-state index contributed by atoms with van der Waals surface area (Å²) in [5, 5.41) is 21.1. The summed E-state index contributed by atoms with van der Waals surface area (Å²) in [5.41, 5.74) is 2.26. The van der Waals surface area contributed by atoms with Crippen LogP contribution in [0.25, 0.3) is 11.1 Å². The highest BCUT2D eigenvalue weighted by Gasteiger charge is 2.17. The maximum absolute atomic E-state index is 10.6. The smallest absolute Gasteiger partial charge is 0.127 e. The van der Waals surface area contributed by atoms with Crippen LogP contribution in [-0.2, 0) is 6.42 Å². The van der Waals surface area contributed by atoms with Gasteiger partial charge in [0.1, 0.15) is 23.0 Å². The van der Waals surface area contributed by atoms with Gasteiger partial charge in [-0.1, -0.05) is 27.2 Å². The van der Waals surface area contributed by atoms with Crippen molar-refractivity contribution in [2.75, 3.05) is 13.2 Å². The van der Waals surface area contributed by atoms with Crippen LogP contribution in [0.5, 0.6) is 23.0 Å². The first kappa shape index (κ1) is 20.0. The van der Waals surface area contributed by atoms with Crippen LogP contribution in [0.15, 0.2) is 30.3 Å². The molecule has 142 valence electrons. The van der Waals surface area contributed by atoms with Crippen molar-refractivity contribution in [1.82, 2.24) is 0 Å². The van der Waals surface area contributed by atoms with Crippen molar-refractivity contribution in [3.8, 4) is 34.1 Å². The van der Waals surface area contributed by atoms with Gasteiger partial charge in [-0.2, -0.15) is 0 Å². The van der Waals surface area contributed by atoms with Gasteiger partial charge in [0.15, 0.2) is 0 Å². The predicted molar refractivity (Wildman–Crippen MR) is 105 cm³/mol. The van der Waals surface area contributed by atoms with Crippen molar-refractivity contribution in [2.24, 2.45) is 0 Å². The number of hydrogen-bond donors (Lipinski definition) is 2. The molecule has 0 unspecified atom stereocenters. The quantitative estimate of drug-likeness (QED) is 0.573. The number of phenolic OH excluding ortho intramolecular Hbond substituents is 2. The lowest BCUT2D eigenvalue weighted by molar-refractivity contribution is 0.315. The molecule has 0 fully saturated rings. The third kappa shape index (κ3) is 5.07. The zero-order valence-corrected chi connectivity index (χ0v) is 16.0. The van der Waals surface area contributed by atoms with Crippen LogP contribution in [0.4, 0.5) is 0 Å². The number of ether oxygens (including phenoxy) is 2. The molecular weight excluding hydrogens is 328 g/mol. The van der Waals surface area contributed by atoms with E-state index in [0.29, 0.717) is 35.8 Å². The van der Waals surface area contributed by atoms with Gasteiger partial charge in [-0.15, -0.1) is 0 Å². The molecule has 0 aliphatic rings. The summed E-state index contributed by atoms with van der Waals surface area (Å²) in [6.07, 6.45) is 4.69. The van der Waals surface area contributed by atoms with Crippen molar-refractivity contribution in [1.29, 1.82) is 0 Å². The summed E-state index contributed by atoms with van der Waals surface area (Å²) in [6, 6.07) is 8.84. The summed E-state index contributed by atoms with van der Waals surface area (Å²) >= 11 is 0. The van der Waals surface area contributed by atoms with E-state index in [1.807, 2.05) is 26.0 Å². The molecule has 0 heterocycles. The van der Waals surface area contributed by atoms with Crippen LogP contribution < -0.4 is 9.47 Å². The molecule has 0 aliphatic carbocycles. The lowest BCUT2D eigenvalue weighted by Gasteiger charge is -2.16. The SMILES string of the molecule is CCCCc1cc(OCCC)cc(O)c1-c1ccc(OCCC)cc1O. The standard InChI is InChI=1S/C22H30O4/c1-4-7-8-16-13-18(26-12-6-3)15-21(24)22(16)19-10-9-17(14-20(19)23)25-11-5-2/h9-10,13-15,23-24H,4-8,11-12H2,1-3H3. The molecule has 0 spiro atoms. The topological polar surface area (TPSA) is 58.9 Å². The molecule has 0 aromatic heterocycles. The van der Waals surface area contributed by atoms with Gasteiger partial charge in [-0.05, 0) is 49.4 Å². The van der Waals surface area contributed by atoms with Crippen molar-refractivity contribution in [3.05, 3.63) is 35.9 Å². The Morgan fingerprint density at radius 2 is 1.42 bits per heavy atom. The molecular formula is C22H30O4. The fourth-order valence-corrected chi connectivity index (χ4v) is 2.87. The fourth-order valence-electron chi connectivity index (χ4n) is 2.87. The average Bonchev–Trinajstić information content (AvgIpc) is 2.63. The Balaban J connectivity index is 2.42. The van der Waals surface area contributed by atoms with E-state index in [2.05, 4.69) is 6.92 Å². The largest absolute Gasteiger partial charge is 0.507 e. The minimum Gasteiger partial charge on any atom is -0.507 e. The molecule has 0 aliphatic heterocycles. The van der Waals surface area contributed by atoms with Crippen molar-refractivity contribution < 1.29 is 19.7 Å². The molecule has 4 heteroatoms. The molecule has 2 rings (SSSR count). The maximum atomic E-state index is 10.6. The first-order valence-corrected chi connectivity index (χ1v) is 9.55. The summed E-state index contributed by atoms with van der Waals surface area (Å²) in [7, 11) is 0. The minimum absolute atomic E-state index is 0.105. The summed E-state index contributed by atoms with van der Waals surface area (Å²) < 4.78 is 11.3. The second kappa shape index (κ2) is 9.95. The Kier molecular flexibility index (Phi) is 7.64. The normalized spacial score (nSPS) is 10.7. The highest BCUT2D eigenvalue weighted by atomic mass is 16.5. The first-order valence-electron chi connectivity index (χ1n) is 9.55. The van der Waals surface area contributed by atoms with Crippen molar-refractivity contribution in [2.45, 2.75) is 52.9 Å². The van der Waals surface area contributed by atoms with Gasteiger partial charge in [0.2, 0.25) is 0 Å². The van der Waals surface area contributed by atoms with Gasteiger partial charge in [-0.25, -0.2) is 0 Å². The Morgan fingerprint density at radius 3 is 2.04 bits per heavy atom. The molecule has 0 atom stereocenters. The average molecular weight is 358 g/mol. The Labute approximate surface area is 156 Å². The zero-order valence-electron chi connectivity index (χ0n) is 16.0. The predicted octanol–water partition coefficient (Wildman–Crippen LogP) is 5.69. The van der Waals surface area contributed by atoms with Crippen LogP contribution in [0, 0.1) is 0 Å². The molecule has 26 heavy (non-hydrogen) atoms. The number of hydrogen-bond acceptors (Lipinski definition) is 4. The van der Waals surface area contributed by atoms with Gasteiger partial charge < -0.3 is 19.7 Å². The van der Waals surface area contributed by atoms with E-state index in [1.54, 1.807) is 18.2 Å². The third-order valence-electron chi connectivity index (χ3n) is 4.16. The summed E-state index contributed by atoms with van der Waals surface area (Å²) in [6.45, 7) is 7.44. The van der Waals surface area contributed by atoms with E-state index < -0.39 is 0 Å². The monoisotopic (exact) mass is 358 g/mol. The van der Waals surface area contributed by atoms with Crippen LogP contribution in [-0.4, -0.2) is 23.4 Å². The van der Waals surface area contributed by atoms with Crippen molar-refractivity contribution in [3.63, 3.8) is 0 Å². The summed E-state index contributed by atoms with van der Waals surface area (Å²) in [4.78, 5) is 0. The van der Waals surface area contributed by atoms with E-state index >= 15 is 0 Å². The second-order valence-electron chi connectivity index (χ2n) is 6.46. The number of phenols is 2. The lowest BCUT2D eigenvalue weighted by atomic mass is 9.94. The Bertz CT molecular complexity index is 710. The van der Waals surface area contributed by atoms with Crippen LogP contribution in [0.3, 0.4) is 0 Å². The molecule has 2 N–H and O–H groups in total. The molecule has 0 amide bonds. The number of rotatable bonds is 10. The fraction of sp³-hybridized carbons (Fsp3) is 0.455. The number of aromatic hydroxyl groups is 2. The first-order chi connectivity index (χ1) is 12.6. The van der Waals surface area contributed by atoms with E-state index in [4.69, 9.17) is 9.47 Å². The molecule has 4 nitrogen and oxygen atoms in total. The Hall–Kier alpha value is -2.36. The molecule has 2 aromatic carbocycles. The molecule has 0 radical (unpaired) electrons. The van der Waals surface area contributed by atoms with Gasteiger partial charge in [0, 0.05) is 23.3 Å². The molecule has 0 saturated heterocycles. The third-order valence-corrected chi connectivity index (χ3v) is 4.16. The van der Waals surface area contributed by atoms with Gasteiger partial charge in [0.05, 0.1) is 13.2 Å². The van der Waals surface area contributed by atoms with Crippen LogP contribution in [0.2, 0.25) is 0 Å². The summed E-state index contributed by atoms with van der Waals surface area (Å²) in [5.74, 6) is 1.53. The highest BCUT2D eigenvalue weighted by molar-refractivity contribution is 5.79. The van der Waals surface area contributed by atoms with Crippen molar-refractivity contribution >= 4 is 0 Å². The second-order valence-corrected chi connectivity index (χ2v) is 6.46. The molecule has 0 saturated carbocycles.